The van der Waals surface area contributed by atoms with Crippen LogP contribution in [0.25, 0.3) is 22.3 Å². The number of hydrogen-bond acceptors (Lipinski definition) is 7. The lowest BCUT2D eigenvalue weighted by molar-refractivity contribution is -0.140. The molecule has 5 rings (SSSR count). The van der Waals surface area contributed by atoms with Crippen LogP contribution in [0.1, 0.15) is 11.1 Å². The fraction of sp³-hybridized carbons (Fsp3) is 0.320. The molecule has 1 N–H and O–H groups in total. The molecule has 1 aliphatic heterocycles. The summed E-state index contributed by atoms with van der Waals surface area (Å²) >= 11 is 1.64. The lowest BCUT2D eigenvalue weighted by Crippen LogP contribution is -2.44. The molecule has 0 amide bonds. The second kappa shape index (κ2) is 11.1. The summed E-state index contributed by atoms with van der Waals surface area (Å²) in [4.78, 5) is 10.7. The molecule has 4 aromatic rings. The third-order valence-electron chi connectivity index (χ3n) is 6.03. The van der Waals surface area contributed by atoms with Gasteiger partial charge in [0.25, 0.3) is 0 Å². The first-order valence-electron chi connectivity index (χ1n) is 11.5. The Morgan fingerprint density at radius 1 is 1.00 bits per heavy atom. The maximum atomic E-state index is 14.5. The van der Waals surface area contributed by atoms with Gasteiger partial charge in [-0.25, -0.2) is 22.8 Å². The van der Waals surface area contributed by atoms with Crippen LogP contribution in [-0.2, 0) is 13.2 Å². The Labute approximate surface area is 220 Å². The molecule has 0 spiro atoms. The Balaban J connectivity index is 0.000000417. The molecule has 0 atom stereocenters. The third kappa shape index (κ3) is 5.68. The summed E-state index contributed by atoms with van der Waals surface area (Å²) in [6, 6.07) is 10.6. The fourth-order valence-corrected chi connectivity index (χ4v) is 4.51. The van der Waals surface area contributed by atoms with Crippen LogP contribution >= 0.6 is 11.9 Å². The molecule has 0 bridgehead atoms. The molecular weight excluding hydrogens is 527 g/mol. The second-order valence-electron chi connectivity index (χ2n) is 8.58. The summed E-state index contributed by atoms with van der Waals surface area (Å²) < 4.78 is 71.3. The summed E-state index contributed by atoms with van der Waals surface area (Å²) in [7, 11) is 1.50. The standard InChI is InChI=1S/C18H17F5N6OS.C7H8/c1-27-16-10(8-24-17(25-16)28-3-5-29(31-2)6-4-28)14(26-27)9-7-11(18(21,22)23)13(20)15(30)12(9)19;1-7-5-3-2-4-6-7/h7-8,30H,3-6H2,1-2H3;2-6H,1H3. The van der Waals surface area contributed by atoms with E-state index in [-0.39, 0.29) is 16.7 Å². The van der Waals surface area contributed by atoms with E-state index in [1.807, 2.05) is 29.4 Å². The molecule has 0 aliphatic carbocycles. The van der Waals surface area contributed by atoms with E-state index in [0.717, 1.165) is 13.1 Å². The van der Waals surface area contributed by atoms with Gasteiger partial charge in [-0.2, -0.15) is 23.3 Å². The van der Waals surface area contributed by atoms with E-state index < -0.39 is 34.7 Å². The van der Waals surface area contributed by atoms with Crippen molar-refractivity contribution in [2.24, 2.45) is 7.05 Å². The molecule has 202 valence electrons. The van der Waals surface area contributed by atoms with E-state index in [1.165, 1.54) is 23.5 Å². The molecule has 3 heterocycles. The van der Waals surface area contributed by atoms with Crippen LogP contribution < -0.4 is 4.90 Å². The lowest BCUT2D eigenvalue weighted by atomic mass is 10.0. The first-order valence-corrected chi connectivity index (χ1v) is 12.7. The SMILES string of the molecule is CSN1CCN(c2ncc3c(-c4cc(C(F)(F)F)c(F)c(O)c4F)nn(C)c3n2)CC1.Cc1ccccc1. The van der Waals surface area contributed by atoms with Crippen LogP contribution in [0.5, 0.6) is 5.75 Å². The summed E-state index contributed by atoms with van der Waals surface area (Å²) in [6.45, 7) is 5.07. The molecular formula is C25H25F5N6OS. The van der Waals surface area contributed by atoms with E-state index in [2.05, 4.69) is 38.4 Å². The minimum atomic E-state index is -5.13. The highest BCUT2D eigenvalue weighted by Gasteiger charge is 2.38. The number of fused-ring (bicyclic) bond motifs is 1. The van der Waals surface area contributed by atoms with Gasteiger partial charge in [0.2, 0.25) is 5.95 Å². The fourth-order valence-electron chi connectivity index (χ4n) is 3.99. The number of rotatable bonds is 3. The van der Waals surface area contributed by atoms with Crippen molar-refractivity contribution in [3.05, 3.63) is 65.4 Å². The van der Waals surface area contributed by atoms with Crippen molar-refractivity contribution < 1.29 is 27.1 Å². The second-order valence-corrected chi connectivity index (χ2v) is 9.46. The number of halogens is 5. The van der Waals surface area contributed by atoms with Gasteiger partial charge >= 0.3 is 6.18 Å². The normalized spacial score (nSPS) is 14.5. The van der Waals surface area contributed by atoms with Gasteiger partial charge in [-0.05, 0) is 19.2 Å². The smallest absolute Gasteiger partial charge is 0.419 e. The van der Waals surface area contributed by atoms with E-state index in [1.54, 1.807) is 11.9 Å². The van der Waals surface area contributed by atoms with Crippen LogP contribution in [0.2, 0.25) is 0 Å². The van der Waals surface area contributed by atoms with Crippen molar-refractivity contribution in [3.8, 4) is 17.0 Å². The zero-order valence-corrected chi connectivity index (χ0v) is 21.6. The first kappa shape index (κ1) is 27.6. The van der Waals surface area contributed by atoms with Gasteiger partial charge in [0, 0.05) is 45.0 Å². The van der Waals surface area contributed by atoms with Crippen molar-refractivity contribution in [2.45, 2.75) is 13.1 Å². The predicted molar refractivity (Wildman–Crippen MR) is 137 cm³/mol. The van der Waals surface area contributed by atoms with Gasteiger partial charge in [0.05, 0.1) is 10.9 Å². The highest BCUT2D eigenvalue weighted by atomic mass is 32.2. The Morgan fingerprint density at radius 2 is 1.66 bits per heavy atom. The maximum absolute atomic E-state index is 14.5. The van der Waals surface area contributed by atoms with Gasteiger partial charge in [-0.15, -0.1) is 0 Å². The number of anilines is 1. The number of hydrogen-bond donors (Lipinski definition) is 1. The average Bonchev–Trinajstić information content (AvgIpc) is 3.23. The number of phenolic OH excluding ortho intramolecular Hbond substituents is 1. The zero-order valence-electron chi connectivity index (χ0n) is 20.8. The largest absolute Gasteiger partial charge is 0.503 e. The molecule has 13 heteroatoms. The molecule has 0 saturated carbocycles. The van der Waals surface area contributed by atoms with Crippen LogP contribution in [0, 0.1) is 18.6 Å². The van der Waals surface area contributed by atoms with Crippen molar-refractivity contribution >= 4 is 28.9 Å². The summed E-state index contributed by atoms with van der Waals surface area (Å²) in [5.41, 5.74) is -1.12. The van der Waals surface area contributed by atoms with Crippen molar-refractivity contribution in [1.29, 1.82) is 0 Å². The Morgan fingerprint density at radius 3 is 2.21 bits per heavy atom. The molecule has 1 saturated heterocycles. The number of piperazine rings is 1. The molecule has 7 nitrogen and oxygen atoms in total. The van der Waals surface area contributed by atoms with Crippen LogP contribution in [0.15, 0.2) is 42.6 Å². The summed E-state index contributed by atoms with van der Waals surface area (Å²) in [6.07, 6.45) is -1.79. The highest BCUT2D eigenvalue weighted by Crippen LogP contribution is 2.41. The molecule has 1 aliphatic rings. The quantitative estimate of drug-likeness (QED) is 0.269. The molecule has 0 unspecified atom stereocenters. The van der Waals surface area contributed by atoms with Crippen LogP contribution in [0.4, 0.5) is 27.9 Å². The monoisotopic (exact) mass is 552 g/mol. The number of alkyl halides is 3. The highest BCUT2D eigenvalue weighted by molar-refractivity contribution is 7.96. The molecule has 0 radical (unpaired) electrons. The van der Waals surface area contributed by atoms with Gasteiger partial charge in [-0.3, -0.25) is 0 Å². The lowest BCUT2D eigenvalue weighted by Gasteiger charge is -2.33. The molecule has 38 heavy (non-hydrogen) atoms. The zero-order chi connectivity index (χ0) is 27.6. The van der Waals surface area contributed by atoms with Gasteiger partial charge in [0.1, 0.15) is 5.69 Å². The molecule has 2 aromatic heterocycles. The van der Waals surface area contributed by atoms with Gasteiger partial charge in [-0.1, -0.05) is 47.8 Å². The topological polar surface area (TPSA) is 70.3 Å². The maximum Gasteiger partial charge on any atom is 0.419 e. The number of aryl methyl sites for hydroxylation is 2. The minimum Gasteiger partial charge on any atom is -0.503 e. The van der Waals surface area contributed by atoms with Crippen LogP contribution in [0.3, 0.4) is 0 Å². The van der Waals surface area contributed by atoms with E-state index in [0.29, 0.717) is 25.1 Å². The average molecular weight is 553 g/mol. The van der Waals surface area contributed by atoms with Crippen molar-refractivity contribution in [2.75, 3.05) is 37.3 Å². The number of phenols is 1. The number of aromatic hydroxyl groups is 1. The minimum absolute atomic E-state index is 0.173. The van der Waals surface area contributed by atoms with Crippen molar-refractivity contribution in [3.63, 3.8) is 0 Å². The Bertz CT molecular complexity index is 1420. The molecule has 1 fully saturated rings. The van der Waals surface area contributed by atoms with E-state index in [9.17, 15) is 27.1 Å². The van der Waals surface area contributed by atoms with E-state index >= 15 is 0 Å². The van der Waals surface area contributed by atoms with Gasteiger partial charge < -0.3 is 10.0 Å². The number of aromatic nitrogens is 4. The van der Waals surface area contributed by atoms with Gasteiger partial charge in [0.15, 0.2) is 23.0 Å². The summed E-state index contributed by atoms with van der Waals surface area (Å²) in [5, 5.41) is 13.8. The third-order valence-corrected chi connectivity index (χ3v) is 6.91. The first-order chi connectivity index (χ1) is 18.0. The number of benzene rings is 2. The van der Waals surface area contributed by atoms with Crippen LogP contribution in [-0.4, -0.2) is 61.6 Å². The summed E-state index contributed by atoms with van der Waals surface area (Å²) in [5.74, 6) is -4.91. The molecule has 2 aromatic carbocycles. The predicted octanol–water partition coefficient (Wildman–Crippen LogP) is 5.43. The van der Waals surface area contributed by atoms with Crippen molar-refractivity contribution in [1.82, 2.24) is 24.1 Å². The van der Waals surface area contributed by atoms with E-state index in [4.69, 9.17) is 0 Å². The number of nitrogens with zero attached hydrogens (tertiary/aromatic N) is 6. The Hall–Kier alpha value is -3.45. The Kier molecular flexibility index (Phi) is 8.07.